The average molecular weight is 317 g/mol. The molecule has 108 valence electrons. The summed E-state index contributed by atoms with van der Waals surface area (Å²) in [5.74, 6) is -1.55. The van der Waals surface area contributed by atoms with Crippen molar-refractivity contribution in [3.8, 4) is 0 Å². The molecule has 1 aliphatic carbocycles. The Morgan fingerprint density at radius 2 is 2.00 bits per heavy atom. The van der Waals surface area contributed by atoms with Crippen LogP contribution in [0.4, 0.5) is 5.82 Å². The standard InChI is InChI=1S/C12H14Cl2N4O2/c13-7-5-16-12(14)18-11(7)17-8-4-2-1-3-6(8)9(19)10(15)20/h5-6,8H,1-4H2,(H2,15,20)(H,16,17,18). The number of halogens is 2. The molecule has 1 aromatic heterocycles. The second-order valence-electron chi connectivity index (χ2n) is 4.71. The predicted octanol–water partition coefficient (Wildman–Crippen LogP) is 1.81. The fourth-order valence-electron chi connectivity index (χ4n) is 2.42. The van der Waals surface area contributed by atoms with Gasteiger partial charge in [-0.15, -0.1) is 0 Å². The lowest BCUT2D eigenvalue weighted by molar-refractivity contribution is -0.139. The van der Waals surface area contributed by atoms with Crippen LogP contribution in [0.1, 0.15) is 25.7 Å². The van der Waals surface area contributed by atoms with E-state index >= 15 is 0 Å². The van der Waals surface area contributed by atoms with Crippen molar-refractivity contribution in [3.63, 3.8) is 0 Å². The largest absolute Gasteiger partial charge is 0.365 e. The van der Waals surface area contributed by atoms with Crippen molar-refractivity contribution in [2.75, 3.05) is 5.32 Å². The first-order chi connectivity index (χ1) is 9.49. The lowest BCUT2D eigenvalue weighted by atomic mass is 9.81. The molecule has 0 spiro atoms. The summed E-state index contributed by atoms with van der Waals surface area (Å²) < 4.78 is 0. The van der Waals surface area contributed by atoms with Gasteiger partial charge in [0.05, 0.1) is 6.20 Å². The van der Waals surface area contributed by atoms with Crippen molar-refractivity contribution in [2.45, 2.75) is 31.7 Å². The van der Waals surface area contributed by atoms with Crippen molar-refractivity contribution in [1.29, 1.82) is 0 Å². The normalized spacial score (nSPS) is 22.3. The first-order valence-electron chi connectivity index (χ1n) is 6.27. The zero-order chi connectivity index (χ0) is 14.7. The number of anilines is 1. The molecule has 0 saturated heterocycles. The van der Waals surface area contributed by atoms with Crippen molar-refractivity contribution in [1.82, 2.24) is 9.97 Å². The third kappa shape index (κ3) is 3.37. The maximum atomic E-state index is 11.8. The van der Waals surface area contributed by atoms with Crippen molar-refractivity contribution in [2.24, 2.45) is 11.7 Å². The van der Waals surface area contributed by atoms with E-state index in [2.05, 4.69) is 15.3 Å². The summed E-state index contributed by atoms with van der Waals surface area (Å²) in [6, 6.07) is -0.229. The molecule has 6 nitrogen and oxygen atoms in total. The molecule has 1 amide bonds. The van der Waals surface area contributed by atoms with Crippen LogP contribution in [0.3, 0.4) is 0 Å². The summed E-state index contributed by atoms with van der Waals surface area (Å²) in [5, 5.41) is 3.45. The van der Waals surface area contributed by atoms with Gasteiger partial charge in [0, 0.05) is 12.0 Å². The zero-order valence-electron chi connectivity index (χ0n) is 10.6. The van der Waals surface area contributed by atoms with Gasteiger partial charge < -0.3 is 11.1 Å². The van der Waals surface area contributed by atoms with Gasteiger partial charge in [-0.3, -0.25) is 9.59 Å². The molecule has 3 N–H and O–H groups in total. The highest BCUT2D eigenvalue weighted by Gasteiger charge is 2.33. The summed E-state index contributed by atoms with van der Waals surface area (Å²) in [6.45, 7) is 0. The highest BCUT2D eigenvalue weighted by Crippen LogP contribution is 2.29. The number of nitrogens with zero attached hydrogens (tertiary/aromatic N) is 2. The molecule has 0 aliphatic heterocycles. The maximum Gasteiger partial charge on any atom is 0.285 e. The van der Waals surface area contributed by atoms with Crippen LogP contribution in [0.2, 0.25) is 10.3 Å². The molecule has 2 unspecified atom stereocenters. The molecule has 20 heavy (non-hydrogen) atoms. The molecular formula is C12H14Cl2N4O2. The minimum absolute atomic E-state index is 0.0606. The number of carbonyl (C=O) groups is 2. The number of primary amides is 1. The van der Waals surface area contributed by atoms with Crippen LogP contribution in [0.25, 0.3) is 0 Å². The van der Waals surface area contributed by atoms with E-state index in [9.17, 15) is 9.59 Å². The Morgan fingerprint density at radius 3 is 2.70 bits per heavy atom. The second kappa shape index (κ2) is 6.37. The smallest absolute Gasteiger partial charge is 0.285 e. The fourth-order valence-corrected chi connectivity index (χ4v) is 2.70. The molecule has 2 atom stereocenters. The molecule has 1 aromatic rings. The van der Waals surface area contributed by atoms with E-state index < -0.39 is 17.6 Å². The third-order valence-electron chi connectivity index (χ3n) is 3.38. The highest BCUT2D eigenvalue weighted by molar-refractivity contribution is 6.36. The van der Waals surface area contributed by atoms with Crippen LogP contribution in [-0.4, -0.2) is 27.7 Å². The summed E-state index contributed by atoms with van der Waals surface area (Å²) in [6.07, 6.45) is 4.58. The Bertz CT molecular complexity index is 538. The minimum atomic E-state index is -0.907. The van der Waals surface area contributed by atoms with Gasteiger partial charge in [0.2, 0.25) is 11.1 Å². The number of amides is 1. The minimum Gasteiger partial charge on any atom is -0.365 e. The first kappa shape index (κ1) is 15.0. The zero-order valence-corrected chi connectivity index (χ0v) is 12.1. The topological polar surface area (TPSA) is 98.0 Å². The first-order valence-corrected chi connectivity index (χ1v) is 7.03. The van der Waals surface area contributed by atoms with Crippen molar-refractivity contribution < 1.29 is 9.59 Å². The number of hydrogen-bond donors (Lipinski definition) is 2. The van der Waals surface area contributed by atoms with Crippen LogP contribution >= 0.6 is 23.2 Å². The van der Waals surface area contributed by atoms with E-state index in [0.717, 1.165) is 19.3 Å². The molecule has 0 aromatic carbocycles. The number of hydrogen-bond acceptors (Lipinski definition) is 5. The van der Waals surface area contributed by atoms with Crippen LogP contribution in [0, 0.1) is 5.92 Å². The Labute approximate surface area is 126 Å². The van der Waals surface area contributed by atoms with Gasteiger partial charge in [0.25, 0.3) is 5.91 Å². The number of nitrogens with two attached hydrogens (primary N) is 1. The van der Waals surface area contributed by atoms with Crippen LogP contribution in [0.15, 0.2) is 6.20 Å². The molecule has 1 saturated carbocycles. The Balaban J connectivity index is 2.18. The van der Waals surface area contributed by atoms with Gasteiger partial charge in [-0.05, 0) is 24.4 Å². The average Bonchev–Trinajstić information content (AvgIpc) is 2.42. The molecule has 2 rings (SSSR count). The van der Waals surface area contributed by atoms with E-state index in [0.29, 0.717) is 17.3 Å². The predicted molar refractivity (Wildman–Crippen MR) is 75.6 cm³/mol. The number of aromatic nitrogens is 2. The quantitative estimate of drug-likeness (QED) is 0.652. The summed E-state index contributed by atoms with van der Waals surface area (Å²) in [5.41, 5.74) is 5.09. The Hall–Kier alpha value is -1.40. The Morgan fingerprint density at radius 1 is 1.30 bits per heavy atom. The van der Waals surface area contributed by atoms with Crippen LogP contribution in [-0.2, 0) is 9.59 Å². The SMILES string of the molecule is NC(=O)C(=O)C1CCCCC1Nc1nc(Cl)ncc1Cl. The lowest BCUT2D eigenvalue weighted by Gasteiger charge is -2.30. The number of carbonyl (C=O) groups excluding carboxylic acids is 2. The monoisotopic (exact) mass is 316 g/mol. The van der Waals surface area contributed by atoms with Crippen molar-refractivity contribution >= 4 is 40.7 Å². The van der Waals surface area contributed by atoms with Crippen molar-refractivity contribution in [3.05, 3.63) is 16.5 Å². The lowest BCUT2D eigenvalue weighted by Crippen LogP contribution is -2.42. The fraction of sp³-hybridized carbons (Fsp3) is 0.500. The van der Waals surface area contributed by atoms with E-state index in [1.165, 1.54) is 6.20 Å². The van der Waals surface area contributed by atoms with Gasteiger partial charge in [-0.2, -0.15) is 4.98 Å². The second-order valence-corrected chi connectivity index (χ2v) is 5.45. The van der Waals surface area contributed by atoms with Gasteiger partial charge in [0.15, 0.2) is 0 Å². The highest BCUT2D eigenvalue weighted by atomic mass is 35.5. The third-order valence-corrected chi connectivity index (χ3v) is 3.84. The number of Topliss-reactive ketones (excluding diaryl/α,β-unsaturated/α-hetero) is 1. The summed E-state index contributed by atoms with van der Waals surface area (Å²) in [7, 11) is 0. The molecule has 8 heteroatoms. The van der Waals surface area contributed by atoms with Gasteiger partial charge in [0.1, 0.15) is 10.8 Å². The van der Waals surface area contributed by atoms with E-state index in [1.54, 1.807) is 0 Å². The Kier molecular flexibility index (Phi) is 4.77. The van der Waals surface area contributed by atoms with Gasteiger partial charge in [-0.1, -0.05) is 24.4 Å². The molecule has 1 fully saturated rings. The number of ketones is 1. The van der Waals surface area contributed by atoms with E-state index in [1.807, 2.05) is 0 Å². The number of rotatable bonds is 4. The molecule has 1 aliphatic rings. The maximum absolute atomic E-state index is 11.8. The molecule has 0 bridgehead atoms. The van der Waals surface area contributed by atoms with Crippen LogP contribution < -0.4 is 11.1 Å². The molecular weight excluding hydrogens is 303 g/mol. The van der Waals surface area contributed by atoms with Gasteiger partial charge >= 0.3 is 0 Å². The summed E-state index contributed by atoms with van der Waals surface area (Å²) >= 11 is 11.7. The molecule has 1 heterocycles. The van der Waals surface area contributed by atoms with Crippen LogP contribution in [0.5, 0.6) is 0 Å². The van der Waals surface area contributed by atoms with Gasteiger partial charge in [-0.25, -0.2) is 4.98 Å². The summed E-state index contributed by atoms with van der Waals surface area (Å²) in [4.78, 5) is 30.7. The van der Waals surface area contributed by atoms with E-state index in [4.69, 9.17) is 28.9 Å². The number of nitrogens with one attached hydrogen (secondary N) is 1. The van der Waals surface area contributed by atoms with E-state index in [-0.39, 0.29) is 11.3 Å². The molecule has 0 radical (unpaired) electrons.